The monoisotopic (exact) mass is 420 g/mol. The number of fused-ring (bicyclic) bond motifs is 2. The number of hydrogen-bond acceptors (Lipinski definition) is 6. The van der Waals surface area contributed by atoms with Gasteiger partial charge in [0.1, 0.15) is 5.82 Å². The van der Waals surface area contributed by atoms with Crippen molar-refractivity contribution in [3.05, 3.63) is 62.2 Å². The van der Waals surface area contributed by atoms with Gasteiger partial charge in [-0.25, -0.2) is 9.97 Å². The Morgan fingerprint density at radius 1 is 1.26 bits per heavy atom. The van der Waals surface area contributed by atoms with E-state index in [0.29, 0.717) is 23.1 Å². The number of thioether (sulfide) groups is 1. The van der Waals surface area contributed by atoms with Crippen LogP contribution in [0.15, 0.2) is 34.4 Å². The van der Waals surface area contributed by atoms with Crippen LogP contribution in [-0.2, 0) is 18.1 Å². The molecule has 4 rings (SSSR count). The molecule has 3 heterocycles. The minimum absolute atomic E-state index is 0.0301. The van der Waals surface area contributed by atoms with E-state index in [2.05, 4.69) is 9.97 Å². The topological polar surface area (TPSA) is 72.4 Å². The average Bonchev–Trinajstić information content (AvgIpc) is 3.17. The van der Waals surface area contributed by atoms with Crippen molar-refractivity contribution >= 4 is 50.7 Å². The summed E-state index contributed by atoms with van der Waals surface area (Å²) in [5, 5.41) is 12.0. The van der Waals surface area contributed by atoms with E-state index in [1.807, 2.05) is 35.1 Å². The Balaban J connectivity index is 1.55. The number of aromatic nitrogens is 4. The third kappa shape index (κ3) is 3.62. The molecule has 9 heteroatoms. The van der Waals surface area contributed by atoms with Gasteiger partial charge < -0.3 is 9.67 Å². The van der Waals surface area contributed by atoms with Gasteiger partial charge in [-0.1, -0.05) is 11.6 Å². The lowest BCUT2D eigenvalue weighted by atomic mass is 10.3. The number of imidazole rings is 1. The Morgan fingerprint density at radius 3 is 2.93 bits per heavy atom. The quantitative estimate of drug-likeness (QED) is 0.517. The number of nitrogens with zero attached hydrogens (tertiary/aromatic N) is 4. The largest absolute Gasteiger partial charge is 0.395 e. The van der Waals surface area contributed by atoms with Gasteiger partial charge in [-0.05, 0) is 25.1 Å². The lowest BCUT2D eigenvalue weighted by Crippen LogP contribution is -2.14. The molecule has 0 saturated carbocycles. The predicted octanol–water partition coefficient (Wildman–Crippen LogP) is 3.49. The third-order valence-electron chi connectivity index (χ3n) is 4.22. The predicted molar refractivity (Wildman–Crippen MR) is 111 cm³/mol. The lowest BCUT2D eigenvalue weighted by Gasteiger charge is -2.07. The van der Waals surface area contributed by atoms with Crippen LogP contribution in [0.25, 0.3) is 16.0 Å². The Labute approximate surface area is 168 Å². The number of benzene rings is 1. The summed E-state index contributed by atoms with van der Waals surface area (Å²) in [7, 11) is 0. The van der Waals surface area contributed by atoms with Crippen molar-refractivity contribution in [2.45, 2.75) is 25.0 Å². The molecule has 3 aromatic heterocycles. The van der Waals surface area contributed by atoms with Crippen LogP contribution < -0.4 is 5.56 Å². The molecule has 6 nitrogen and oxygen atoms in total. The Hall–Kier alpha value is -1.87. The lowest BCUT2D eigenvalue weighted by molar-refractivity contribution is 0.276. The molecule has 0 fully saturated rings. The van der Waals surface area contributed by atoms with Crippen molar-refractivity contribution in [2.75, 3.05) is 6.61 Å². The van der Waals surface area contributed by atoms with Crippen molar-refractivity contribution in [1.82, 2.24) is 18.9 Å². The number of thiazole rings is 1. The van der Waals surface area contributed by atoms with Gasteiger partial charge in [-0.3, -0.25) is 9.20 Å². The molecule has 0 aliphatic rings. The van der Waals surface area contributed by atoms with Crippen molar-refractivity contribution in [3.8, 4) is 0 Å². The zero-order valence-electron chi connectivity index (χ0n) is 14.6. The van der Waals surface area contributed by atoms with Gasteiger partial charge in [0.2, 0.25) is 0 Å². The molecule has 4 aromatic rings. The van der Waals surface area contributed by atoms with E-state index in [-0.39, 0.29) is 12.2 Å². The smallest absolute Gasteiger partial charge is 0.258 e. The minimum atomic E-state index is -0.0449. The third-order valence-corrected chi connectivity index (χ3v) is 6.36. The summed E-state index contributed by atoms with van der Waals surface area (Å²) in [5.74, 6) is 2.14. The summed E-state index contributed by atoms with van der Waals surface area (Å²) in [4.78, 5) is 22.2. The van der Waals surface area contributed by atoms with E-state index in [4.69, 9.17) is 11.6 Å². The van der Waals surface area contributed by atoms with E-state index >= 15 is 0 Å². The highest BCUT2D eigenvalue weighted by atomic mass is 35.5. The second-order valence-electron chi connectivity index (χ2n) is 6.11. The van der Waals surface area contributed by atoms with E-state index in [1.54, 1.807) is 22.2 Å². The van der Waals surface area contributed by atoms with Crippen molar-refractivity contribution in [2.24, 2.45) is 0 Å². The maximum atomic E-state index is 12.3. The fraction of sp³-hybridized carbons (Fsp3) is 0.278. The van der Waals surface area contributed by atoms with Crippen LogP contribution in [0.2, 0.25) is 5.02 Å². The molecule has 1 aromatic carbocycles. The summed E-state index contributed by atoms with van der Waals surface area (Å²) in [6.07, 6.45) is 0. The molecule has 0 aliphatic heterocycles. The fourth-order valence-electron chi connectivity index (χ4n) is 3.03. The normalized spacial score (nSPS) is 11.7. The van der Waals surface area contributed by atoms with Crippen molar-refractivity contribution in [1.29, 1.82) is 0 Å². The Kier molecular flexibility index (Phi) is 5.23. The Bertz CT molecular complexity index is 1180. The molecule has 0 unspecified atom stereocenters. The van der Waals surface area contributed by atoms with Gasteiger partial charge in [0.15, 0.2) is 4.96 Å². The number of halogens is 1. The van der Waals surface area contributed by atoms with Gasteiger partial charge in [-0.15, -0.1) is 23.1 Å². The zero-order chi connectivity index (χ0) is 19.0. The highest BCUT2D eigenvalue weighted by Crippen LogP contribution is 2.24. The molecule has 140 valence electrons. The van der Waals surface area contributed by atoms with Crippen LogP contribution in [0.3, 0.4) is 0 Å². The Morgan fingerprint density at radius 2 is 2.11 bits per heavy atom. The van der Waals surface area contributed by atoms with Crippen LogP contribution >= 0.6 is 34.7 Å². The first-order valence-corrected chi connectivity index (χ1v) is 10.8. The maximum absolute atomic E-state index is 12.3. The molecule has 0 bridgehead atoms. The van der Waals surface area contributed by atoms with E-state index in [9.17, 15) is 9.90 Å². The maximum Gasteiger partial charge on any atom is 0.258 e. The molecular weight excluding hydrogens is 404 g/mol. The van der Waals surface area contributed by atoms with E-state index < -0.39 is 0 Å². The zero-order valence-corrected chi connectivity index (χ0v) is 16.9. The highest BCUT2D eigenvalue weighted by molar-refractivity contribution is 7.97. The highest BCUT2D eigenvalue weighted by Gasteiger charge is 2.12. The number of hydrogen-bond donors (Lipinski definition) is 1. The van der Waals surface area contributed by atoms with Crippen LogP contribution in [0.5, 0.6) is 0 Å². The molecule has 0 amide bonds. The fourth-order valence-corrected chi connectivity index (χ4v) is 4.95. The molecule has 27 heavy (non-hydrogen) atoms. The van der Waals surface area contributed by atoms with Gasteiger partial charge in [0, 0.05) is 34.5 Å². The first-order valence-electron chi connectivity index (χ1n) is 8.37. The SMILES string of the molecule is Cc1csc2nc(CSCc3nc4ccc(Cl)cc4n3CCO)cc(=O)n12. The van der Waals surface area contributed by atoms with Crippen LogP contribution in [0.1, 0.15) is 17.2 Å². The van der Waals surface area contributed by atoms with E-state index in [0.717, 1.165) is 33.2 Å². The summed E-state index contributed by atoms with van der Waals surface area (Å²) in [5.41, 5.74) is 3.40. The van der Waals surface area contributed by atoms with Crippen molar-refractivity contribution < 1.29 is 5.11 Å². The van der Waals surface area contributed by atoms with Gasteiger partial charge >= 0.3 is 0 Å². The van der Waals surface area contributed by atoms with Gasteiger partial charge in [0.05, 0.1) is 29.1 Å². The number of aliphatic hydroxyl groups excluding tert-OH is 1. The summed E-state index contributed by atoms with van der Waals surface area (Å²) in [6, 6.07) is 7.15. The van der Waals surface area contributed by atoms with E-state index in [1.165, 1.54) is 11.3 Å². The molecule has 0 spiro atoms. The van der Waals surface area contributed by atoms with Crippen LogP contribution in [0, 0.1) is 6.92 Å². The van der Waals surface area contributed by atoms with Crippen LogP contribution in [-0.4, -0.2) is 30.6 Å². The molecule has 0 radical (unpaired) electrons. The molecule has 0 atom stereocenters. The molecule has 1 N–H and O–H groups in total. The summed E-state index contributed by atoms with van der Waals surface area (Å²) >= 11 is 9.21. The molecule has 0 aliphatic carbocycles. The standard InChI is InChI=1S/C18H17ClN4O2S2/c1-11-8-27-18-20-13(7-17(25)23(11)18)9-26-10-16-21-14-3-2-12(19)6-15(14)22(16)4-5-24/h2-3,6-8,24H,4-5,9-10H2,1H3. The van der Waals surface area contributed by atoms with Crippen LogP contribution in [0.4, 0.5) is 0 Å². The van der Waals surface area contributed by atoms with Gasteiger partial charge in [-0.2, -0.15) is 0 Å². The minimum Gasteiger partial charge on any atom is -0.395 e. The average molecular weight is 421 g/mol. The second-order valence-corrected chi connectivity index (χ2v) is 8.37. The number of aliphatic hydroxyl groups is 1. The first-order chi connectivity index (χ1) is 13.1. The second kappa shape index (κ2) is 7.63. The molecular formula is C18H17ClN4O2S2. The summed E-state index contributed by atoms with van der Waals surface area (Å²) in [6.45, 7) is 2.40. The molecule has 0 saturated heterocycles. The summed E-state index contributed by atoms with van der Waals surface area (Å²) < 4.78 is 3.62. The number of aryl methyl sites for hydroxylation is 1. The van der Waals surface area contributed by atoms with Gasteiger partial charge in [0.25, 0.3) is 5.56 Å². The first kappa shape index (κ1) is 18.5. The number of rotatable bonds is 6. The van der Waals surface area contributed by atoms with Crippen molar-refractivity contribution in [3.63, 3.8) is 0 Å².